The van der Waals surface area contributed by atoms with Crippen molar-refractivity contribution in [3.63, 3.8) is 0 Å². The summed E-state index contributed by atoms with van der Waals surface area (Å²) in [7, 11) is 1.73. The van der Waals surface area contributed by atoms with Crippen LogP contribution in [0.4, 0.5) is 0 Å². The first kappa shape index (κ1) is 16.0. The molecule has 0 saturated heterocycles. The Bertz CT molecular complexity index is 642. The Hall–Kier alpha value is -1.33. The van der Waals surface area contributed by atoms with E-state index < -0.39 is 0 Å². The van der Waals surface area contributed by atoms with Gasteiger partial charge < -0.3 is 9.32 Å². The Morgan fingerprint density at radius 3 is 2.81 bits per heavy atom. The Kier molecular flexibility index (Phi) is 5.42. The summed E-state index contributed by atoms with van der Waals surface area (Å²) in [6.45, 7) is 2.46. The number of rotatable bonds is 5. The molecule has 4 nitrogen and oxygen atoms in total. The highest BCUT2D eigenvalue weighted by molar-refractivity contribution is 9.10. The molecular formula is C15H16BrClN2O2. The van der Waals surface area contributed by atoms with Gasteiger partial charge in [0.1, 0.15) is 10.9 Å². The fraction of sp³-hybridized carbons (Fsp3) is 0.333. The Morgan fingerprint density at radius 1 is 1.43 bits per heavy atom. The van der Waals surface area contributed by atoms with E-state index in [1.807, 2.05) is 6.07 Å². The Morgan fingerprint density at radius 2 is 2.19 bits per heavy atom. The molecule has 0 bridgehead atoms. The van der Waals surface area contributed by atoms with Gasteiger partial charge in [-0.2, -0.15) is 0 Å². The van der Waals surface area contributed by atoms with E-state index in [2.05, 4.69) is 27.8 Å². The van der Waals surface area contributed by atoms with Crippen LogP contribution in [0.15, 0.2) is 33.4 Å². The van der Waals surface area contributed by atoms with Crippen molar-refractivity contribution in [3.8, 4) is 0 Å². The fourth-order valence-corrected chi connectivity index (χ4v) is 2.59. The number of pyridine rings is 1. The molecule has 6 heteroatoms. The Labute approximate surface area is 137 Å². The van der Waals surface area contributed by atoms with E-state index in [-0.39, 0.29) is 5.91 Å². The molecule has 0 atom stereocenters. The number of halogens is 2. The molecule has 112 valence electrons. The van der Waals surface area contributed by atoms with E-state index in [1.165, 1.54) is 0 Å². The van der Waals surface area contributed by atoms with Gasteiger partial charge in [0.15, 0.2) is 4.67 Å². The van der Waals surface area contributed by atoms with Crippen molar-refractivity contribution in [2.24, 2.45) is 0 Å². The molecule has 21 heavy (non-hydrogen) atoms. The van der Waals surface area contributed by atoms with E-state index in [4.69, 9.17) is 16.0 Å². The number of amides is 1. The van der Waals surface area contributed by atoms with Gasteiger partial charge in [0.25, 0.3) is 5.91 Å². The molecule has 0 spiro atoms. The second-order valence-electron chi connectivity index (χ2n) is 4.79. The van der Waals surface area contributed by atoms with Crippen LogP contribution in [0.25, 0.3) is 0 Å². The summed E-state index contributed by atoms with van der Waals surface area (Å²) in [6, 6.07) is 7.02. The third-order valence-corrected chi connectivity index (χ3v) is 3.59. The van der Waals surface area contributed by atoms with Crippen LogP contribution < -0.4 is 0 Å². The summed E-state index contributed by atoms with van der Waals surface area (Å²) in [6.07, 6.45) is 1.76. The first-order valence-electron chi connectivity index (χ1n) is 6.65. The van der Waals surface area contributed by atoms with Crippen molar-refractivity contribution in [1.82, 2.24) is 9.88 Å². The predicted molar refractivity (Wildman–Crippen MR) is 85.4 cm³/mol. The van der Waals surface area contributed by atoms with Crippen molar-refractivity contribution in [2.75, 3.05) is 7.05 Å². The summed E-state index contributed by atoms with van der Waals surface area (Å²) >= 11 is 9.24. The van der Waals surface area contributed by atoms with Crippen molar-refractivity contribution >= 4 is 33.4 Å². The molecular weight excluding hydrogens is 356 g/mol. The lowest BCUT2D eigenvalue weighted by atomic mass is 10.1. The molecule has 2 heterocycles. The lowest BCUT2D eigenvalue weighted by molar-refractivity contribution is 0.0774. The van der Waals surface area contributed by atoms with Crippen LogP contribution in [0.1, 0.15) is 35.2 Å². The van der Waals surface area contributed by atoms with Crippen LogP contribution in [0.3, 0.4) is 0 Å². The third kappa shape index (κ3) is 4.32. The fourth-order valence-electron chi connectivity index (χ4n) is 2.02. The summed E-state index contributed by atoms with van der Waals surface area (Å²) < 4.78 is 6.06. The van der Waals surface area contributed by atoms with Crippen molar-refractivity contribution in [1.29, 1.82) is 0 Å². The molecule has 0 saturated carbocycles. The van der Waals surface area contributed by atoms with E-state index in [0.29, 0.717) is 27.7 Å². The van der Waals surface area contributed by atoms with Gasteiger partial charge in [0.05, 0.1) is 6.54 Å². The second kappa shape index (κ2) is 7.09. The van der Waals surface area contributed by atoms with Crippen LogP contribution in [0, 0.1) is 0 Å². The lowest BCUT2D eigenvalue weighted by Crippen LogP contribution is -2.26. The molecule has 0 N–H and O–H groups in total. The Balaban J connectivity index is 2.14. The van der Waals surface area contributed by atoms with Gasteiger partial charge in [-0.05, 0) is 46.6 Å². The molecule has 0 radical (unpaired) electrons. The van der Waals surface area contributed by atoms with Gasteiger partial charge in [-0.25, -0.2) is 4.98 Å². The monoisotopic (exact) mass is 370 g/mol. The first-order valence-corrected chi connectivity index (χ1v) is 7.83. The average Bonchev–Trinajstić information content (AvgIpc) is 2.83. The van der Waals surface area contributed by atoms with Crippen LogP contribution in [-0.2, 0) is 13.0 Å². The van der Waals surface area contributed by atoms with Crippen molar-refractivity contribution in [3.05, 3.63) is 51.1 Å². The second-order valence-corrected chi connectivity index (χ2v) is 5.96. The predicted octanol–water partition coefficient (Wildman–Crippen LogP) is 4.32. The summed E-state index contributed by atoms with van der Waals surface area (Å²) in [4.78, 5) is 18.3. The number of hydrogen-bond acceptors (Lipinski definition) is 3. The largest absolute Gasteiger partial charge is 0.452 e. The number of nitrogens with zero attached hydrogens (tertiary/aromatic N) is 2. The maximum Gasteiger partial charge on any atom is 0.254 e. The molecule has 0 aliphatic heterocycles. The summed E-state index contributed by atoms with van der Waals surface area (Å²) in [5, 5.41) is 0.346. The highest BCUT2D eigenvalue weighted by Gasteiger charge is 2.15. The minimum atomic E-state index is -0.107. The highest BCUT2D eigenvalue weighted by atomic mass is 79.9. The topological polar surface area (TPSA) is 46.3 Å². The number of aromatic nitrogens is 1. The van der Waals surface area contributed by atoms with Crippen LogP contribution in [-0.4, -0.2) is 22.8 Å². The minimum absolute atomic E-state index is 0.107. The highest BCUT2D eigenvalue weighted by Crippen LogP contribution is 2.18. The van der Waals surface area contributed by atoms with Gasteiger partial charge in [-0.3, -0.25) is 4.79 Å². The summed E-state index contributed by atoms with van der Waals surface area (Å²) in [5.74, 6) is 0.607. The van der Waals surface area contributed by atoms with E-state index in [0.717, 1.165) is 18.5 Å². The number of carbonyl (C=O) groups excluding carboxylic acids is 1. The van der Waals surface area contributed by atoms with Crippen LogP contribution in [0.2, 0.25) is 5.15 Å². The van der Waals surface area contributed by atoms with Crippen molar-refractivity contribution in [2.45, 2.75) is 26.3 Å². The number of aryl methyl sites for hydroxylation is 1. The van der Waals surface area contributed by atoms with Gasteiger partial charge in [0, 0.05) is 18.3 Å². The van der Waals surface area contributed by atoms with E-state index >= 15 is 0 Å². The van der Waals surface area contributed by atoms with E-state index in [9.17, 15) is 4.79 Å². The zero-order valence-electron chi connectivity index (χ0n) is 11.9. The van der Waals surface area contributed by atoms with Gasteiger partial charge in [-0.15, -0.1) is 0 Å². The van der Waals surface area contributed by atoms with Crippen molar-refractivity contribution < 1.29 is 9.21 Å². The molecule has 0 aliphatic carbocycles. The number of furan rings is 1. The minimum Gasteiger partial charge on any atom is -0.452 e. The van der Waals surface area contributed by atoms with Gasteiger partial charge in [-0.1, -0.05) is 24.9 Å². The molecule has 2 aromatic heterocycles. The molecule has 0 fully saturated rings. The molecule has 0 unspecified atom stereocenters. The smallest absolute Gasteiger partial charge is 0.254 e. The first-order chi connectivity index (χ1) is 9.99. The average molecular weight is 372 g/mol. The standard InChI is InChI=1S/C15H16BrClN2O2/c1-3-4-11-7-10(8-14(17)18-11)15(20)19(2)9-12-5-6-13(16)21-12/h5-8H,3-4,9H2,1-2H3. The SMILES string of the molecule is CCCc1cc(C(=O)N(C)Cc2ccc(Br)o2)cc(Cl)n1. The number of carbonyl (C=O) groups is 1. The lowest BCUT2D eigenvalue weighted by Gasteiger charge is -2.16. The molecule has 2 aromatic rings. The summed E-state index contributed by atoms with van der Waals surface area (Å²) in [5.41, 5.74) is 1.38. The quantitative estimate of drug-likeness (QED) is 0.736. The zero-order valence-corrected chi connectivity index (χ0v) is 14.2. The molecule has 0 aliphatic rings. The van der Waals surface area contributed by atoms with Crippen LogP contribution >= 0.6 is 27.5 Å². The zero-order chi connectivity index (χ0) is 15.4. The van der Waals surface area contributed by atoms with E-state index in [1.54, 1.807) is 30.1 Å². The maximum absolute atomic E-state index is 12.5. The molecule has 2 rings (SSSR count). The van der Waals surface area contributed by atoms with Gasteiger partial charge >= 0.3 is 0 Å². The normalized spacial score (nSPS) is 10.7. The molecule has 0 aromatic carbocycles. The third-order valence-electron chi connectivity index (χ3n) is 2.97. The number of hydrogen-bond donors (Lipinski definition) is 0. The molecule has 1 amide bonds. The van der Waals surface area contributed by atoms with Crippen LogP contribution in [0.5, 0.6) is 0 Å². The maximum atomic E-state index is 12.5. The van der Waals surface area contributed by atoms with Gasteiger partial charge in [0.2, 0.25) is 0 Å².